The molecule has 36 heavy (non-hydrogen) atoms. The van der Waals surface area contributed by atoms with Crippen LogP contribution in [0.1, 0.15) is 19.4 Å². The van der Waals surface area contributed by atoms with Crippen molar-refractivity contribution in [1.82, 2.24) is 4.90 Å². The van der Waals surface area contributed by atoms with Gasteiger partial charge in [-0.1, -0.05) is 12.1 Å². The summed E-state index contributed by atoms with van der Waals surface area (Å²) >= 11 is 4.05. The van der Waals surface area contributed by atoms with E-state index in [0.29, 0.717) is 34.2 Å². The summed E-state index contributed by atoms with van der Waals surface area (Å²) in [5.74, 6) is -1.96. The molecule has 0 aromatic heterocycles. The molecule has 1 saturated heterocycles. The third-order valence-electron chi connectivity index (χ3n) is 4.59. The minimum atomic E-state index is -0.715. The summed E-state index contributed by atoms with van der Waals surface area (Å²) < 4.78 is 30.2. The van der Waals surface area contributed by atoms with Gasteiger partial charge in [0.25, 0.3) is 11.1 Å². The number of hydrogen-bond donors (Lipinski definition) is 1. The molecule has 190 valence electrons. The molecule has 0 saturated carbocycles. The fraction of sp³-hybridized carbons (Fsp3) is 0.250. The predicted octanol–water partition coefficient (Wildman–Crippen LogP) is 4.60. The predicted molar refractivity (Wildman–Crippen MR) is 135 cm³/mol. The van der Waals surface area contributed by atoms with Gasteiger partial charge in [0.2, 0.25) is 5.91 Å². The smallest absolute Gasteiger partial charge is 0.344 e. The fourth-order valence-electron chi connectivity index (χ4n) is 3.09. The lowest BCUT2D eigenvalue weighted by Crippen LogP contribution is -2.36. The van der Waals surface area contributed by atoms with Crippen LogP contribution in [0.3, 0.4) is 0 Å². The molecule has 12 heteroatoms. The van der Waals surface area contributed by atoms with Crippen LogP contribution in [0, 0.1) is 5.82 Å². The van der Waals surface area contributed by atoms with Crippen molar-refractivity contribution in [3.63, 3.8) is 0 Å². The minimum absolute atomic E-state index is 0.0522. The molecular formula is C24H22BrFN2O7S. The van der Waals surface area contributed by atoms with E-state index in [1.54, 1.807) is 32.0 Å². The number of esters is 1. The van der Waals surface area contributed by atoms with Gasteiger partial charge in [-0.15, -0.1) is 0 Å². The van der Waals surface area contributed by atoms with Crippen LogP contribution in [0.4, 0.5) is 14.9 Å². The first-order valence-electron chi connectivity index (χ1n) is 10.8. The quantitative estimate of drug-likeness (QED) is 0.320. The molecule has 0 atom stereocenters. The highest BCUT2D eigenvalue weighted by atomic mass is 79.9. The van der Waals surface area contributed by atoms with Crippen LogP contribution in [0.2, 0.25) is 0 Å². The first-order valence-corrected chi connectivity index (χ1v) is 12.4. The van der Waals surface area contributed by atoms with Gasteiger partial charge in [0.1, 0.15) is 12.4 Å². The van der Waals surface area contributed by atoms with Gasteiger partial charge in [-0.2, -0.15) is 0 Å². The van der Waals surface area contributed by atoms with E-state index in [0.717, 1.165) is 4.90 Å². The zero-order valence-corrected chi connectivity index (χ0v) is 21.7. The third kappa shape index (κ3) is 6.85. The van der Waals surface area contributed by atoms with E-state index in [4.69, 9.17) is 14.2 Å². The number of thioether (sulfide) groups is 1. The molecular weight excluding hydrogens is 559 g/mol. The van der Waals surface area contributed by atoms with Crippen LogP contribution >= 0.6 is 27.7 Å². The molecule has 9 nitrogen and oxygen atoms in total. The van der Waals surface area contributed by atoms with Crippen molar-refractivity contribution >= 4 is 62.5 Å². The van der Waals surface area contributed by atoms with Crippen LogP contribution < -0.4 is 14.8 Å². The van der Waals surface area contributed by atoms with E-state index >= 15 is 0 Å². The first-order chi connectivity index (χ1) is 17.2. The van der Waals surface area contributed by atoms with Gasteiger partial charge in [-0.05, 0) is 77.4 Å². The maximum Gasteiger partial charge on any atom is 0.344 e. The van der Waals surface area contributed by atoms with E-state index in [1.165, 1.54) is 24.3 Å². The number of amides is 3. The summed E-state index contributed by atoms with van der Waals surface area (Å²) in [7, 11) is 0. The Morgan fingerprint density at radius 2 is 1.89 bits per heavy atom. The topological polar surface area (TPSA) is 111 Å². The number of halogens is 2. The minimum Gasteiger partial charge on any atom is -0.490 e. The number of nitrogens with zero attached hydrogens (tertiary/aromatic N) is 1. The van der Waals surface area contributed by atoms with Gasteiger partial charge in [0.15, 0.2) is 18.1 Å². The van der Waals surface area contributed by atoms with Crippen molar-refractivity contribution in [3.05, 3.63) is 57.2 Å². The Balaban J connectivity index is 1.76. The van der Waals surface area contributed by atoms with E-state index in [2.05, 4.69) is 21.2 Å². The van der Waals surface area contributed by atoms with Gasteiger partial charge in [0.05, 0.1) is 28.3 Å². The molecule has 0 spiro atoms. The normalized spacial score (nSPS) is 14.2. The van der Waals surface area contributed by atoms with Crippen molar-refractivity contribution in [1.29, 1.82) is 0 Å². The molecule has 1 heterocycles. The third-order valence-corrected chi connectivity index (χ3v) is 6.09. The number of carbonyl (C=O) groups excluding carboxylic acids is 4. The second-order valence-electron chi connectivity index (χ2n) is 7.15. The fourth-order valence-corrected chi connectivity index (χ4v) is 4.50. The number of carbonyl (C=O) groups is 4. The summed E-state index contributed by atoms with van der Waals surface area (Å²) in [6, 6.07) is 8.79. The van der Waals surface area contributed by atoms with Crippen LogP contribution in [-0.4, -0.2) is 54.3 Å². The Morgan fingerprint density at radius 3 is 2.58 bits per heavy atom. The highest BCUT2D eigenvalue weighted by Gasteiger charge is 2.36. The maximum absolute atomic E-state index is 13.8. The van der Waals surface area contributed by atoms with Gasteiger partial charge in [-0.3, -0.25) is 19.3 Å². The number of ether oxygens (including phenoxy) is 3. The van der Waals surface area contributed by atoms with Crippen molar-refractivity contribution in [2.45, 2.75) is 13.8 Å². The average molecular weight is 581 g/mol. The molecule has 1 fully saturated rings. The zero-order valence-electron chi connectivity index (χ0n) is 19.3. The number of imide groups is 1. The SMILES string of the molecule is CCOC(=O)COc1c(Br)cc(/C=C2\SC(=O)N(CC(=O)Nc3ccccc3F)C2=O)cc1OCC. The maximum atomic E-state index is 13.8. The number of hydrogen-bond acceptors (Lipinski definition) is 8. The van der Waals surface area contributed by atoms with Crippen molar-refractivity contribution < 1.29 is 37.8 Å². The standard InChI is InChI=1S/C24H22BrFN2O7S/c1-3-33-18-10-14(9-15(25)22(18)35-13-21(30)34-4-2)11-19-23(31)28(24(32)36-19)12-20(29)27-17-8-6-5-7-16(17)26/h5-11H,3-4,12-13H2,1-2H3,(H,27,29)/b19-11-. The van der Waals surface area contributed by atoms with E-state index in [9.17, 15) is 23.6 Å². The van der Waals surface area contributed by atoms with Gasteiger partial charge in [0, 0.05) is 0 Å². The molecule has 1 aliphatic rings. The van der Waals surface area contributed by atoms with Crippen LogP contribution in [-0.2, 0) is 19.1 Å². The largest absolute Gasteiger partial charge is 0.490 e. The molecule has 0 aliphatic carbocycles. The van der Waals surface area contributed by atoms with Crippen LogP contribution in [0.5, 0.6) is 11.5 Å². The van der Waals surface area contributed by atoms with E-state index in [1.807, 2.05) is 0 Å². The number of nitrogens with one attached hydrogen (secondary N) is 1. The van der Waals surface area contributed by atoms with Crippen molar-refractivity contribution in [2.75, 3.05) is 31.7 Å². The van der Waals surface area contributed by atoms with Gasteiger partial charge >= 0.3 is 5.97 Å². The molecule has 3 rings (SSSR count). The first kappa shape index (κ1) is 27.2. The summed E-state index contributed by atoms with van der Waals surface area (Å²) in [5, 5.41) is 1.72. The second-order valence-corrected chi connectivity index (χ2v) is 9.00. The monoisotopic (exact) mass is 580 g/mol. The Labute approximate surface area is 219 Å². The molecule has 0 unspecified atom stereocenters. The number of anilines is 1. The molecule has 3 amide bonds. The van der Waals surface area contributed by atoms with Gasteiger partial charge in [-0.25, -0.2) is 9.18 Å². The molecule has 2 aromatic carbocycles. The Bertz CT molecular complexity index is 1220. The molecule has 0 radical (unpaired) electrons. The molecule has 1 aliphatic heterocycles. The number of para-hydroxylation sites is 1. The van der Waals surface area contributed by atoms with E-state index in [-0.39, 0.29) is 29.6 Å². The average Bonchev–Trinajstić information content (AvgIpc) is 3.07. The second kappa shape index (κ2) is 12.5. The number of benzene rings is 2. The highest BCUT2D eigenvalue weighted by molar-refractivity contribution is 9.10. The van der Waals surface area contributed by atoms with E-state index < -0.39 is 35.4 Å². The highest BCUT2D eigenvalue weighted by Crippen LogP contribution is 2.39. The Hall–Kier alpha value is -3.38. The van der Waals surface area contributed by atoms with Crippen molar-refractivity contribution in [3.8, 4) is 11.5 Å². The lowest BCUT2D eigenvalue weighted by molar-refractivity contribution is -0.145. The summed E-state index contributed by atoms with van der Waals surface area (Å²) in [4.78, 5) is 50.1. The van der Waals surface area contributed by atoms with Crippen LogP contribution in [0.25, 0.3) is 6.08 Å². The molecule has 1 N–H and O–H groups in total. The summed E-state index contributed by atoms with van der Waals surface area (Å²) in [6.45, 7) is 3.10. The molecule has 0 bridgehead atoms. The van der Waals surface area contributed by atoms with Crippen LogP contribution in [0.15, 0.2) is 45.8 Å². The summed E-state index contributed by atoms with van der Waals surface area (Å²) in [6.07, 6.45) is 1.47. The summed E-state index contributed by atoms with van der Waals surface area (Å²) in [5.41, 5.74) is 0.457. The number of rotatable bonds is 10. The Kier molecular flexibility index (Phi) is 9.48. The van der Waals surface area contributed by atoms with Gasteiger partial charge < -0.3 is 19.5 Å². The lowest BCUT2D eigenvalue weighted by atomic mass is 10.2. The molecule has 2 aromatic rings. The lowest BCUT2D eigenvalue weighted by Gasteiger charge is -2.14. The Morgan fingerprint density at radius 1 is 1.14 bits per heavy atom. The zero-order chi connectivity index (χ0) is 26.2. The van der Waals surface area contributed by atoms with Crippen molar-refractivity contribution in [2.24, 2.45) is 0 Å².